The zero-order valence-electron chi connectivity index (χ0n) is 15.9. The number of hydrogen-bond acceptors (Lipinski definition) is 4. The van der Waals surface area contributed by atoms with Gasteiger partial charge in [0.2, 0.25) is 0 Å². The highest BCUT2D eigenvalue weighted by Crippen LogP contribution is 2.17. The van der Waals surface area contributed by atoms with Crippen LogP contribution in [0.2, 0.25) is 0 Å². The van der Waals surface area contributed by atoms with Gasteiger partial charge >= 0.3 is 0 Å². The third kappa shape index (κ3) is 3.63. The van der Waals surface area contributed by atoms with Crippen molar-refractivity contribution in [2.75, 3.05) is 7.11 Å². The zero-order chi connectivity index (χ0) is 19.5. The van der Waals surface area contributed by atoms with Crippen LogP contribution < -0.4 is 15.6 Å². The second-order valence-corrected chi connectivity index (χ2v) is 7.06. The minimum Gasteiger partial charge on any atom is -0.497 e. The van der Waals surface area contributed by atoms with Crippen molar-refractivity contribution in [3.8, 4) is 5.75 Å². The van der Waals surface area contributed by atoms with E-state index in [4.69, 9.17) is 4.74 Å². The maximum atomic E-state index is 12.8. The van der Waals surface area contributed by atoms with Crippen molar-refractivity contribution < 1.29 is 9.53 Å². The molecule has 1 aromatic heterocycles. The summed E-state index contributed by atoms with van der Waals surface area (Å²) >= 11 is 0. The fraction of sp³-hybridized carbons (Fsp3) is 0.318. The molecule has 1 N–H and O–H groups in total. The second kappa shape index (κ2) is 7.84. The molecule has 2 aromatic carbocycles. The third-order valence-corrected chi connectivity index (χ3v) is 5.17. The molecule has 0 bridgehead atoms. The molecule has 4 rings (SSSR count). The lowest BCUT2D eigenvalue weighted by Crippen LogP contribution is -2.25. The summed E-state index contributed by atoms with van der Waals surface area (Å²) in [6.45, 7) is 1.12. The monoisotopic (exact) mass is 377 g/mol. The van der Waals surface area contributed by atoms with E-state index in [0.717, 1.165) is 49.4 Å². The van der Waals surface area contributed by atoms with E-state index in [1.54, 1.807) is 29.9 Å². The number of rotatable bonds is 4. The molecule has 3 aromatic rings. The van der Waals surface area contributed by atoms with Gasteiger partial charge < -0.3 is 10.1 Å². The molecule has 0 unspecified atom stereocenters. The number of benzene rings is 2. The molecular weight excluding hydrogens is 354 g/mol. The van der Waals surface area contributed by atoms with E-state index in [9.17, 15) is 9.59 Å². The van der Waals surface area contributed by atoms with Gasteiger partial charge in [0.05, 0.1) is 18.0 Å². The van der Waals surface area contributed by atoms with Gasteiger partial charge in [-0.05, 0) is 48.7 Å². The van der Waals surface area contributed by atoms with Gasteiger partial charge in [-0.15, -0.1) is 0 Å². The predicted octanol–water partition coefficient (Wildman–Crippen LogP) is 3.06. The van der Waals surface area contributed by atoms with Crippen LogP contribution in [-0.2, 0) is 19.5 Å². The first-order valence-electron chi connectivity index (χ1n) is 9.60. The number of nitrogens with one attached hydrogen (secondary N) is 1. The maximum Gasteiger partial charge on any atom is 0.261 e. The van der Waals surface area contributed by atoms with Gasteiger partial charge in [0.1, 0.15) is 11.6 Å². The minimum atomic E-state index is -0.193. The molecule has 0 spiro atoms. The molecular formula is C22H23N3O3. The van der Waals surface area contributed by atoms with Gasteiger partial charge in [0.15, 0.2) is 0 Å². The Labute approximate surface area is 163 Å². The van der Waals surface area contributed by atoms with Crippen LogP contribution in [0.3, 0.4) is 0 Å². The number of ether oxygens (including phenoxy) is 1. The van der Waals surface area contributed by atoms with Crippen LogP contribution in [0.25, 0.3) is 10.9 Å². The fourth-order valence-electron chi connectivity index (χ4n) is 3.63. The van der Waals surface area contributed by atoms with E-state index in [1.165, 1.54) is 0 Å². The summed E-state index contributed by atoms with van der Waals surface area (Å²) < 4.78 is 7.00. The van der Waals surface area contributed by atoms with E-state index >= 15 is 0 Å². The molecule has 1 aliphatic rings. The average Bonchev–Trinajstić information content (AvgIpc) is 2.97. The lowest BCUT2D eigenvalue weighted by atomic mass is 10.1. The Kier molecular flexibility index (Phi) is 5.10. The molecule has 0 saturated heterocycles. The summed E-state index contributed by atoms with van der Waals surface area (Å²) in [7, 11) is 1.61. The average molecular weight is 377 g/mol. The van der Waals surface area contributed by atoms with Crippen LogP contribution >= 0.6 is 0 Å². The van der Waals surface area contributed by atoms with Gasteiger partial charge in [-0.2, -0.15) is 0 Å². The minimum absolute atomic E-state index is 0.00904. The lowest BCUT2D eigenvalue weighted by Gasteiger charge is -2.11. The smallest absolute Gasteiger partial charge is 0.261 e. The van der Waals surface area contributed by atoms with Crippen molar-refractivity contribution in [3.05, 3.63) is 69.8 Å². The molecule has 1 aliphatic heterocycles. The molecule has 6 nitrogen and oxygen atoms in total. The van der Waals surface area contributed by atoms with Crippen LogP contribution in [0, 0.1) is 0 Å². The number of nitrogens with zero attached hydrogens (tertiary/aromatic N) is 2. The highest BCUT2D eigenvalue weighted by Gasteiger charge is 2.15. The van der Waals surface area contributed by atoms with Gasteiger partial charge in [-0.25, -0.2) is 4.98 Å². The van der Waals surface area contributed by atoms with Crippen molar-refractivity contribution in [2.24, 2.45) is 0 Å². The molecule has 0 fully saturated rings. The molecule has 0 radical (unpaired) electrons. The van der Waals surface area contributed by atoms with E-state index in [2.05, 4.69) is 10.3 Å². The highest BCUT2D eigenvalue weighted by molar-refractivity contribution is 5.97. The number of amides is 1. The first kappa shape index (κ1) is 18.2. The number of aryl methyl sites for hydroxylation is 1. The number of methoxy groups -OCH3 is 1. The Bertz CT molecular complexity index is 1090. The fourth-order valence-corrected chi connectivity index (χ4v) is 3.63. The van der Waals surface area contributed by atoms with E-state index in [1.807, 2.05) is 24.3 Å². The Morgan fingerprint density at radius 3 is 2.93 bits per heavy atom. The van der Waals surface area contributed by atoms with Crippen LogP contribution in [0.4, 0.5) is 0 Å². The SMILES string of the molecule is COc1cccc(CNC(=O)c2ccc3c(=O)n4c(nc3c2)CCCCC4)c1. The Morgan fingerprint density at radius 2 is 2.07 bits per heavy atom. The standard InChI is InChI=1S/C22H23N3O3/c1-28-17-7-5-6-15(12-17)14-23-21(26)16-9-10-18-19(13-16)24-20-8-3-2-4-11-25(20)22(18)27/h5-7,9-10,12-13H,2-4,8,11,14H2,1H3,(H,23,26). The van der Waals surface area contributed by atoms with E-state index in [-0.39, 0.29) is 11.5 Å². The Hall–Kier alpha value is -3.15. The van der Waals surface area contributed by atoms with Crippen molar-refractivity contribution in [3.63, 3.8) is 0 Å². The molecule has 0 aliphatic carbocycles. The Balaban J connectivity index is 1.58. The van der Waals surface area contributed by atoms with Crippen molar-refractivity contribution in [1.82, 2.24) is 14.9 Å². The van der Waals surface area contributed by atoms with Crippen molar-refractivity contribution >= 4 is 16.8 Å². The van der Waals surface area contributed by atoms with Gasteiger partial charge in [-0.1, -0.05) is 18.6 Å². The number of aromatic nitrogens is 2. The van der Waals surface area contributed by atoms with Crippen LogP contribution in [0.15, 0.2) is 47.3 Å². The second-order valence-electron chi connectivity index (χ2n) is 7.06. The molecule has 0 saturated carbocycles. The van der Waals surface area contributed by atoms with Gasteiger partial charge in [-0.3, -0.25) is 14.2 Å². The van der Waals surface area contributed by atoms with Crippen molar-refractivity contribution in [1.29, 1.82) is 0 Å². The van der Waals surface area contributed by atoms with Gasteiger partial charge in [0.25, 0.3) is 11.5 Å². The first-order valence-corrected chi connectivity index (χ1v) is 9.60. The van der Waals surface area contributed by atoms with Crippen LogP contribution in [0.1, 0.15) is 41.0 Å². The number of fused-ring (bicyclic) bond motifs is 2. The quantitative estimate of drug-likeness (QED) is 0.758. The summed E-state index contributed by atoms with van der Waals surface area (Å²) in [5.74, 6) is 1.38. The maximum absolute atomic E-state index is 12.8. The summed E-state index contributed by atoms with van der Waals surface area (Å²) in [4.78, 5) is 30.1. The lowest BCUT2D eigenvalue weighted by molar-refractivity contribution is 0.0951. The van der Waals surface area contributed by atoms with E-state index < -0.39 is 0 Å². The van der Waals surface area contributed by atoms with E-state index in [0.29, 0.717) is 23.0 Å². The molecule has 28 heavy (non-hydrogen) atoms. The highest BCUT2D eigenvalue weighted by atomic mass is 16.5. The molecule has 1 amide bonds. The molecule has 2 heterocycles. The summed E-state index contributed by atoms with van der Waals surface area (Å²) in [6, 6.07) is 12.7. The molecule has 144 valence electrons. The normalized spacial score (nSPS) is 13.6. The summed E-state index contributed by atoms with van der Waals surface area (Å²) in [5.41, 5.74) is 2.04. The summed E-state index contributed by atoms with van der Waals surface area (Å²) in [5, 5.41) is 3.48. The van der Waals surface area contributed by atoms with Crippen LogP contribution in [0.5, 0.6) is 5.75 Å². The first-order chi connectivity index (χ1) is 13.7. The third-order valence-electron chi connectivity index (χ3n) is 5.17. The van der Waals surface area contributed by atoms with Crippen LogP contribution in [-0.4, -0.2) is 22.6 Å². The largest absolute Gasteiger partial charge is 0.497 e. The molecule has 6 heteroatoms. The predicted molar refractivity (Wildman–Crippen MR) is 108 cm³/mol. The van der Waals surface area contributed by atoms with Crippen molar-refractivity contribution in [2.45, 2.75) is 38.8 Å². The summed E-state index contributed by atoms with van der Waals surface area (Å²) in [6.07, 6.45) is 3.96. The number of carbonyl (C=O) groups is 1. The Morgan fingerprint density at radius 1 is 1.18 bits per heavy atom. The molecule has 0 atom stereocenters. The number of carbonyl (C=O) groups excluding carboxylic acids is 1. The number of hydrogen-bond donors (Lipinski definition) is 1. The van der Waals surface area contributed by atoms with Gasteiger partial charge in [0, 0.05) is 25.1 Å². The zero-order valence-corrected chi connectivity index (χ0v) is 15.9. The topological polar surface area (TPSA) is 73.2 Å².